The van der Waals surface area contributed by atoms with Gasteiger partial charge in [-0.2, -0.15) is 0 Å². The van der Waals surface area contributed by atoms with Crippen LogP contribution in [0.15, 0.2) is 60.7 Å². The molecule has 0 unspecified atom stereocenters. The molecule has 1 aliphatic heterocycles. The van der Waals surface area contributed by atoms with Crippen molar-refractivity contribution in [2.45, 2.75) is 39.3 Å². The van der Waals surface area contributed by atoms with Crippen LogP contribution in [0.3, 0.4) is 0 Å². The zero-order valence-corrected chi connectivity index (χ0v) is 16.5. The molecule has 0 bridgehead atoms. The lowest BCUT2D eigenvalue weighted by Gasteiger charge is -2.34. The number of cyclic esters (lactones) is 1. The van der Waals surface area contributed by atoms with Gasteiger partial charge in [-0.05, 0) is 23.0 Å². The lowest BCUT2D eigenvalue weighted by Crippen LogP contribution is -2.49. The van der Waals surface area contributed by atoms with E-state index in [1.165, 1.54) is 4.90 Å². The van der Waals surface area contributed by atoms with E-state index in [-0.39, 0.29) is 18.1 Å². The van der Waals surface area contributed by atoms with Crippen molar-refractivity contribution in [1.29, 1.82) is 0 Å². The van der Waals surface area contributed by atoms with Crippen LogP contribution >= 0.6 is 0 Å². The average molecular weight is 381 g/mol. The maximum atomic E-state index is 13.5. The smallest absolute Gasteiger partial charge is 0.417 e. The number of rotatable bonds is 5. The molecule has 0 radical (unpaired) electrons. The Bertz CT molecular complexity index is 814. The van der Waals surface area contributed by atoms with Crippen LogP contribution in [0.1, 0.15) is 38.0 Å². The van der Waals surface area contributed by atoms with Crippen LogP contribution in [0.2, 0.25) is 0 Å². The number of carbonyl (C=O) groups excluding carboxylic acids is 2. The number of amides is 2. The van der Waals surface area contributed by atoms with Gasteiger partial charge in [0.2, 0.25) is 5.91 Å². The largest absolute Gasteiger partial charge is 0.447 e. The summed E-state index contributed by atoms with van der Waals surface area (Å²) in [5, 5.41) is 11.0. The molecule has 5 heteroatoms. The van der Waals surface area contributed by atoms with Crippen LogP contribution in [0.25, 0.3) is 0 Å². The quantitative estimate of drug-likeness (QED) is 0.851. The van der Waals surface area contributed by atoms with Gasteiger partial charge in [-0.1, -0.05) is 81.4 Å². The third kappa shape index (κ3) is 4.25. The Morgan fingerprint density at radius 2 is 1.68 bits per heavy atom. The maximum absolute atomic E-state index is 13.5. The summed E-state index contributed by atoms with van der Waals surface area (Å²) in [6.45, 7) is 6.09. The highest BCUT2D eigenvalue weighted by molar-refractivity contribution is 5.95. The van der Waals surface area contributed by atoms with E-state index in [1.807, 2.05) is 69.3 Å². The van der Waals surface area contributed by atoms with Gasteiger partial charge in [0, 0.05) is 0 Å². The maximum Gasteiger partial charge on any atom is 0.417 e. The first-order valence-electron chi connectivity index (χ1n) is 9.56. The molecule has 2 aromatic carbocycles. The van der Waals surface area contributed by atoms with Crippen molar-refractivity contribution in [1.82, 2.24) is 4.90 Å². The molecule has 5 nitrogen and oxygen atoms in total. The molecule has 2 amide bonds. The van der Waals surface area contributed by atoms with Gasteiger partial charge in [0.1, 0.15) is 6.61 Å². The highest BCUT2D eigenvalue weighted by Crippen LogP contribution is 2.34. The summed E-state index contributed by atoms with van der Waals surface area (Å²) in [6, 6.07) is 18.3. The fourth-order valence-corrected chi connectivity index (χ4v) is 3.57. The van der Waals surface area contributed by atoms with Crippen molar-refractivity contribution in [3.8, 4) is 0 Å². The molecule has 3 atom stereocenters. The zero-order chi connectivity index (χ0) is 20.3. The third-order valence-electron chi connectivity index (χ3n) is 5.25. The molecule has 148 valence electrons. The molecule has 0 saturated carbocycles. The van der Waals surface area contributed by atoms with Gasteiger partial charge in [-0.3, -0.25) is 4.79 Å². The number of benzene rings is 2. The van der Waals surface area contributed by atoms with E-state index in [1.54, 1.807) is 12.1 Å². The Morgan fingerprint density at radius 1 is 1.11 bits per heavy atom. The molecular formula is C23H27NO4. The first-order chi connectivity index (χ1) is 13.3. The zero-order valence-electron chi connectivity index (χ0n) is 16.5. The normalized spacial score (nSPS) is 19.2. The SMILES string of the molecule is CC(C)(C)[C@H]1COC(=O)N1C(=O)[C@@H](Cc1ccccc1)[C@@H](O)c1ccccc1. The molecule has 0 spiro atoms. The predicted molar refractivity (Wildman–Crippen MR) is 106 cm³/mol. The van der Waals surface area contributed by atoms with Crippen molar-refractivity contribution < 1.29 is 19.4 Å². The predicted octanol–water partition coefficient (Wildman–Crippen LogP) is 3.97. The summed E-state index contributed by atoms with van der Waals surface area (Å²) in [7, 11) is 0. The summed E-state index contributed by atoms with van der Waals surface area (Å²) in [5.41, 5.74) is 1.25. The molecule has 28 heavy (non-hydrogen) atoms. The highest BCUT2D eigenvalue weighted by Gasteiger charge is 2.47. The monoisotopic (exact) mass is 381 g/mol. The summed E-state index contributed by atoms with van der Waals surface area (Å²) >= 11 is 0. The molecule has 1 saturated heterocycles. The summed E-state index contributed by atoms with van der Waals surface area (Å²) in [4.78, 5) is 27.1. The Kier molecular flexibility index (Phi) is 5.84. The number of hydrogen-bond donors (Lipinski definition) is 1. The Hall–Kier alpha value is -2.66. The fraction of sp³-hybridized carbons (Fsp3) is 0.391. The topological polar surface area (TPSA) is 66.8 Å². The summed E-state index contributed by atoms with van der Waals surface area (Å²) < 4.78 is 5.20. The molecule has 1 N–H and O–H groups in total. The van der Waals surface area contributed by atoms with Crippen molar-refractivity contribution in [3.63, 3.8) is 0 Å². The van der Waals surface area contributed by atoms with Gasteiger partial charge < -0.3 is 9.84 Å². The lowest BCUT2D eigenvalue weighted by atomic mass is 9.84. The van der Waals surface area contributed by atoms with Crippen molar-refractivity contribution in [2.75, 3.05) is 6.61 Å². The minimum atomic E-state index is -1.03. The molecule has 0 aliphatic carbocycles. The van der Waals surface area contributed by atoms with Crippen molar-refractivity contribution in [3.05, 3.63) is 71.8 Å². The second-order valence-corrected chi connectivity index (χ2v) is 8.32. The van der Waals surface area contributed by atoms with Gasteiger partial charge in [-0.15, -0.1) is 0 Å². The number of hydrogen-bond acceptors (Lipinski definition) is 4. The van der Waals surface area contributed by atoms with Crippen LogP contribution < -0.4 is 0 Å². The standard InChI is InChI=1S/C23H27NO4/c1-23(2,3)19-15-28-22(27)24(19)21(26)18(14-16-10-6-4-7-11-16)20(25)17-12-8-5-9-13-17/h4-13,18-20,25H,14-15H2,1-3H3/t18-,19+,20-/m0/s1. The lowest BCUT2D eigenvalue weighted by molar-refractivity contribution is -0.138. The number of aliphatic hydroxyl groups is 1. The van der Waals surface area contributed by atoms with Crippen LogP contribution in [-0.2, 0) is 16.0 Å². The minimum Gasteiger partial charge on any atom is -0.447 e. The molecule has 1 aliphatic rings. The number of carbonyl (C=O) groups is 2. The van der Waals surface area contributed by atoms with Crippen LogP contribution in [0.4, 0.5) is 4.79 Å². The van der Waals surface area contributed by atoms with Gasteiger partial charge in [-0.25, -0.2) is 9.69 Å². The van der Waals surface area contributed by atoms with Crippen molar-refractivity contribution in [2.24, 2.45) is 11.3 Å². The highest BCUT2D eigenvalue weighted by atomic mass is 16.6. The Balaban J connectivity index is 1.95. The summed E-state index contributed by atoms with van der Waals surface area (Å²) in [5.74, 6) is -1.19. The van der Waals surface area contributed by atoms with E-state index in [0.29, 0.717) is 12.0 Å². The first-order valence-corrected chi connectivity index (χ1v) is 9.56. The van der Waals surface area contributed by atoms with Gasteiger partial charge in [0.25, 0.3) is 0 Å². The second kappa shape index (κ2) is 8.15. The molecule has 2 aromatic rings. The van der Waals surface area contributed by atoms with Crippen LogP contribution in [0, 0.1) is 11.3 Å². The number of nitrogens with zero attached hydrogens (tertiary/aromatic N) is 1. The van der Waals surface area contributed by atoms with Crippen molar-refractivity contribution >= 4 is 12.0 Å². The number of ether oxygens (including phenoxy) is 1. The molecule has 1 heterocycles. The van der Waals surface area contributed by atoms with E-state index in [2.05, 4.69) is 0 Å². The average Bonchev–Trinajstić information content (AvgIpc) is 3.08. The summed E-state index contributed by atoms with van der Waals surface area (Å²) in [6.07, 6.45) is -1.33. The molecular weight excluding hydrogens is 354 g/mol. The molecule has 0 aromatic heterocycles. The molecule has 1 fully saturated rings. The number of aliphatic hydroxyl groups excluding tert-OH is 1. The van der Waals surface area contributed by atoms with Crippen LogP contribution in [-0.4, -0.2) is 34.7 Å². The Labute approximate surface area is 165 Å². The van der Waals surface area contributed by atoms with Gasteiger partial charge in [0.05, 0.1) is 18.1 Å². The van der Waals surface area contributed by atoms with Gasteiger partial charge >= 0.3 is 6.09 Å². The molecule has 3 rings (SSSR count). The van der Waals surface area contributed by atoms with E-state index in [0.717, 1.165) is 5.56 Å². The first kappa shape index (κ1) is 20.1. The van der Waals surface area contributed by atoms with Crippen LogP contribution in [0.5, 0.6) is 0 Å². The van der Waals surface area contributed by atoms with E-state index in [4.69, 9.17) is 4.74 Å². The fourth-order valence-electron chi connectivity index (χ4n) is 3.57. The van der Waals surface area contributed by atoms with E-state index in [9.17, 15) is 14.7 Å². The third-order valence-corrected chi connectivity index (χ3v) is 5.25. The Morgan fingerprint density at radius 3 is 2.25 bits per heavy atom. The van der Waals surface area contributed by atoms with E-state index < -0.39 is 24.0 Å². The minimum absolute atomic E-state index is 0.174. The second-order valence-electron chi connectivity index (χ2n) is 8.32. The number of imide groups is 1. The van der Waals surface area contributed by atoms with E-state index >= 15 is 0 Å². The van der Waals surface area contributed by atoms with Gasteiger partial charge in [0.15, 0.2) is 0 Å².